The molecule has 0 radical (unpaired) electrons. The summed E-state index contributed by atoms with van der Waals surface area (Å²) in [6, 6.07) is 0. The molecule has 0 aliphatic heterocycles. The third-order valence-electron chi connectivity index (χ3n) is 1.63. The minimum absolute atomic E-state index is 0.00867. The molecule has 3 nitrogen and oxygen atoms in total. The molecule has 0 bridgehead atoms. The Labute approximate surface area is 85.8 Å². The summed E-state index contributed by atoms with van der Waals surface area (Å²) in [5.41, 5.74) is -0.453. The number of aliphatic hydroxyl groups excluding tert-OH is 1. The van der Waals surface area contributed by atoms with E-state index in [1.54, 1.807) is 6.08 Å². The molecule has 3 heteroatoms. The first-order valence-corrected chi connectivity index (χ1v) is 4.82. The van der Waals surface area contributed by atoms with Gasteiger partial charge in [0.25, 0.3) is 0 Å². The van der Waals surface area contributed by atoms with E-state index >= 15 is 0 Å². The van der Waals surface area contributed by atoms with Crippen molar-refractivity contribution in [2.75, 3.05) is 6.61 Å². The van der Waals surface area contributed by atoms with Gasteiger partial charge in [-0.15, -0.1) is 6.58 Å². The first-order chi connectivity index (χ1) is 6.39. The Hall–Kier alpha value is -0.830. The van der Waals surface area contributed by atoms with Crippen molar-refractivity contribution >= 4 is 5.97 Å². The Kier molecular flexibility index (Phi) is 5.46. The van der Waals surface area contributed by atoms with Crippen LogP contribution in [0.4, 0.5) is 0 Å². The zero-order chi connectivity index (χ0) is 11.2. The number of hydrogen-bond acceptors (Lipinski definition) is 3. The van der Waals surface area contributed by atoms with Gasteiger partial charge < -0.3 is 9.84 Å². The van der Waals surface area contributed by atoms with Gasteiger partial charge in [0.2, 0.25) is 0 Å². The molecule has 0 aromatic carbocycles. The molecule has 0 aromatic rings. The van der Waals surface area contributed by atoms with Gasteiger partial charge in [-0.2, -0.15) is 0 Å². The van der Waals surface area contributed by atoms with Gasteiger partial charge in [-0.3, -0.25) is 4.79 Å². The molecule has 0 aromatic heterocycles. The zero-order valence-electron chi connectivity index (χ0n) is 9.25. The van der Waals surface area contributed by atoms with Crippen LogP contribution in [0.15, 0.2) is 12.7 Å². The summed E-state index contributed by atoms with van der Waals surface area (Å²) in [6.45, 7) is 9.04. The van der Waals surface area contributed by atoms with Crippen LogP contribution in [0.3, 0.4) is 0 Å². The van der Waals surface area contributed by atoms with Crippen LogP contribution < -0.4 is 0 Å². The number of carbonyl (C=O) groups is 1. The number of ether oxygens (including phenoxy) is 1. The Balaban J connectivity index is 3.96. The molecule has 1 N–H and O–H groups in total. The molecular formula is C11H20O3. The summed E-state index contributed by atoms with van der Waals surface area (Å²) in [7, 11) is 0. The van der Waals surface area contributed by atoms with Crippen LogP contribution >= 0.6 is 0 Å². The fourth-order valence-electron chi connectivity index (χ4n) is 1.08. The number of allylic oxidation sites excluding steroid dienone is 1. The van der Waals surface area contributed by atoms with E-state index < -0.39 is 5.60 Å². The minimum Gasteiger partial charge on any atom is -0.460 e. The molecular weight excluding hydrogens is 180 g/mol. The van der Waals surface area contributed by atoms with Gasteiger partial charge in [0.1, 0.15) is 5.60 Å². The average molecular weight is 200 g/mol. The molecule has 14 heavy (non-hydrogen) atoms. The molecule has 0 heterocycles. The van der Waals surface area contributed by atoms with Crippen molar-refractivity contribution in [1.82, 2.24) is 0 Å². The summed E-state index contributed by atoms with van der Waals surface area (Å²) in [4.78, 5) is 11.3. The Morgan fingerprint density at radius 3 is 2.50 bits per heavy atom. The van der Waals surface area contributed by atoms with Gasteiger partial charge in [-0.1, -0.05) is 6.08 Å². The van der Waals surface area contributed by atoms with Crippen molar-refractivity contribution in [3.8, 4) is 0 Å². The van der Waals surface area contributed by atoms with E-state index in [0.717, 1.165) is 0 Å². The minimum atomic E-state index is -0.453. The van der Waals surface area contributed by atoms with Crippen LogP contribution in [-0.2, 0) is 9.53 Å². The summed E-state index contributed by atoms with van der Waals surface area (Å²) in [6.07, 6.45) is 2.58. The van der Waals surface area contributed by atoms with Gasteiger partial charge in [0.15, 0.2) is 0 Å². The topological polar surface area (TPSA) is 46.5 Å². The predicted octanol–water partition coefficient (Wildman–Crippen LogP) is 1.90. The molecule has 0 saturated heterocycles. The largest absolute Gasteiger partial charge is 0.460 e. The molecule has 1 atom stereocenters. The van der Waals surface area contributed by atoms with E-state index in [0.29, 0.717) is 6.42 Å². The molecule has 0 amide bonds. The zero-order valence-corrected chi connectivity index (χ0v) is 9.25. The number of rotatable bonds is 5. The van der Waals surface area contributed by atoms with Gasteiger partial charge >= 0.3 is 5.97 Å². The van der Waals surface area contributed by atoms with Crippen LogP contribution in [0.2, 0.25) is 0 Å². The second kappa shape index (κ2) is 5.81. The van der Waals surface area contributed by atoms with Crippen molar-refractivity contribution in [3.63, 3.8) is 0 Å². The predicted molar refractivity (Wildman–Crippen MR) is 55.9 cm³/mol. The molecule has 0 aliphatic carbocycles. The lowest BCUT2D eigenvalue weighted by atomic mass is 10.0. The van der Waals surface area contributed by atoms with Crippen molar-refractivity contribution in [3.05, 3.63) is 12.7 Å². The maximum Gasteiger partial charge on any atom is 0.306 e. The number of aliphatic hydroxyl groups is 1. The molecule has 0 rings (SSSR count). The standard InChI is InChI=1S/C11H20O3/c1-5-6-9(8-12)7-10(13)14-11(2,3)4/h5,9,12H,1,6-8H2,2-4H3/t9-/m1/s1. The Morgan fingerprint density at radius 1 is 1.57 bits per heavy atom. The van der Waals surface area contributed by atoms with Crippen molar-refractivity contribution in [2.24, 2.45) is 5.92 Å². The van der Waals surface area contributed by atoms with Crippen molar-refractivity contribution in [1.29, 1.82) is 0 Å². The second-order valence-corrected chi connectivity index (χ2v) is 4.36. The van der Waals surface area contributed by atoms with Crippen LogP contribution in [0.5, 0.6) is 0 Å². The molecule has 0 fully saturated rings. The normalized spacial score (nSPS) is 13.4. The van der Waals surface area contributed by atoms with E-state index in [1.807, 2.05) is 20.8 Å². The summed E-state index contributed by atoms with van der Waals surface area (Å²) in [5.74, 6) is -0.333. The van der Waals surface area contributed by atoms with Gasteiger partial charge in [0.05, 0.1) is 6.42 Å². The highest BCUT2D eigenvalue weighted by Gasteiger charge is 2.19. The van der Waals surface area contributed by atoms with Crippen molar-refractivity contribution in [2.45, 2.75) is 39.2 Å². The molecule has 0 spiro atoms. The monoisotopic (exact) mass is 200 g/mol. The van der Waals surface area contributed by atoms with E-state index in [1.165, 1.54) is 0 Å². The van der Waals surface area contributed by atoms with E-state index in [2.05, 4.69) is 6.58 Å². The van der Waals surface area contributed by atoms with Crippen molar-refractivity contribution < 1.29 is 14.6 Å². The number of hydrogen-bond donors (Lipinski definition) is 1. The lowest BCUT2D eigenvalue weighted by Crippen LogP contribution is -2.25. The molecule has 0 aliphatic rings. The highest BCUT2D eigenvalue weighted by molar-refractivity contribution is 5.70. The highest BCUT2D eigenvalue weighted by atomic mass is 16.6. The van der Waals surface area contributed by atoms with Crippen LogP contribution in [0, 0.1) is 5.92 Å². The fourth-order valence-corrected chi connectivity index (χ4v) is 1.08. The third kappa shape index (κ3) is 6.66. The van der Waals surface area contributed by atoms with Crippen LogP contribution in [-0.4, -0.2) is 23.3 Å². The molecule has 0 unspecified atom stereocenters. The summed E-state index contributed by atoms with van der Waals surface area (Å²) < 4.78 is 5.13. The highest BCUT2D eigenvalue weighted by Crippen LogP contribution is 2.14. The van der Waals surface area contributed by atoms with Crippen LogP contribution in [0.25, 0.3) is 0 Å². The molecule has 0 saturated carbocycles. The summed E-state index contributed by atoms with van der Waals surface area (Å²) >= 11 is 0. The first-order valence-electron chi connectivity index (χ1n) is 4.82. The smallest absolute Gasteiger partial charge is 0.306 e. The average Bonchev–Trinajstić information content (AvgIpc) is 2.00. The Bertz CT molecular complexity index is 191. The second-order valence-electron chi connectivity index (χ2n) is 4.36. The maximum absolute atomic E-state index is 11.3. The lowest BCUT2D eigenvalue weighted by molar-refractivity contribution is -0.156. The lowest BCUT2D eigenvalue weighted by Gasteiger charge is -2.21. The number of esters is 1. The Morgan fingerprint density at radius 2 is 2.14 bits per heavy atom. The summed E-state index contributed by atoms with van der Waals surface area (Å²) in [5, 5.41) is 8.95. The fraction of sp³-hybridized carbons (Fsp3) is 0.727. The quantitative estimate of drug-likeness (QED) is 0.544. The first kappa shape index (κ1) is 13.2. The third-order valence-corrected chi connectivity index (χ3v) is 1.63. The van der Waals surface area contributed by atoms with E-state index in [9.17, 15) is 4.79 Å². The van der Waals surface area contributed by atoms with Gasteiger partial charge in [-0.05, 0) is 33.1 Å². The van der Waals surface area contributed by atoms with Gasteiger partial charge in [0, 0.05) is 6.61 Å². The van der Waals surface area contributed by atoms with E-state index in [-0.39, 0.29) is 24.9 Å². The molecule has 82 valence electrons. The van der Waals surface area contributed by atoms with Crippen LogP contribution in [0.1, 0.15) is 33.6 Å². The van der Waals surface area contributed by atoms with Gasteiger partial charge in [-0.25, -0.2) is 0 Å². The number of carbonyl (C=O) groups excluding carboxylic acids is 1. The van der Waals surface area contributed by atoms with E-state index in [4.69, 9.17) is 9.84 Å². The maximum atomic E-state index is 11.3. The SMILES string of the molecule is C=CC[C@@H](CO)CC(=O)OC(C)(C)C.